The number of aryl methyl sites for hydroxylation is 2. The highest BCUT2D eigenvalue weighted by molar-refractivity contribution is 6.07. The molecule has 2 rings (SSSR count). The Kier molecular flexibility index (Phi) is 3.19. The molecule has 0 saturated heterocycles. The lowest BCUT2D eigenvalue weighted by Gasteiger charge is -2.02. The number of ketones is 1. The Hall–Kier alpha value is -2.10. The zero-order valence-corrected chi connectivity index (χ0v) is 10.4. The van der Waals surface area contributed by atoms with Crippen LogP contribution in [0.5, 0.6) is 0 Å². The van der Waals surface area contributed by atoms with Gasteiger partial charge in [-0.05, 0) is 26.0 Å². The topological polar surface area (TPSA) is 59.3 Å². The van der Waals surface area contributed by atoms with Gasteiger partial charge in [-0.3, -0.25) is 9.59 Å². The number of nitrogens with zero attached hydrogens (tertiary/aromatic N) is 1. The second kappa shape index (κ2) is 4.64. The summed E-state index contributed by atoms with van der Waals surface area (Å²) < 4.78 is 1.83. The average Bonchev–Trinajstić information content (AvgIpc) is 2.64. The number of fused-ring (bicyclic) bond motifs is 1. The molecular formula is C14H15NO3. The number of rotatable bonds is 4. The lowest BCUT2D eigenvalue weighted by Crippen LogP contribution is -2.03. The number of Topliss-reactive ketones (excluding diaryl/α,β-unsaturated/α-hetero) is 1. The van der Waals surface area contributed by atoms with Gasteiger partial charge in [-0.2, -0.15) is 0 Å². The third-order valence-corrected chi connectivity index (χ3v) is 2.98. The SMILES string of the molecule is CC(=O)c1cn(CCC(=O)O)c2ccc(C)cc12. The molecule has 2 aromatic rings. The fourth-order valence-corrected chi connectivity index (χ4v) is 2.09. The van der Waals surface area contributed by atoms with Crippen LogP contribution in [0.3, 0.4) is 0 Å². The zero-order valence-electron chi connectivity index (χ0n) is 10.4. The molecule has 0 aliphatic carbocycles. The smallest absolute Gasteiger partial charge is 0.305 e. The molecule has 0 unspecified atom stereocenters. The Morgan fingerprint density at radius 1 is 1.33 bits per heavy atom. The van der Waals surface area contributed by atoms with E-state index in [1.54, 1.807) is 6.20 Å². The van der Waals surface area contributed by atoms with E-state index in [-0.39, 0.29) is 12.2 Å². The first kappa shape index (κ1) is 12.4. The molecule has 0 aliphatic heterocycles. The summed E-state index contributed by atoms with van der Waals surface area (Å²) >= 11 is 0. The highest BCUT2D eigenvalue weighted by Crippen LogP contribution is 2.23. The van der Waals surface area contributed by atoms with Crippen molar-refractivity contribution in [2.75, 3.05) is 0 Å². The number of carboxylic acid groups (broad SMARTS) is 1. The van der Waals surface area contributed by atoms with E-state index in [0.29, 0.717) is 12.1 Å². The highest BCUT2D eigenvalue weighted by Gasteiger charge is 2.12. The summed E-state index contributed by atoms with van der Waals surface area (Å²) in [6.07, 6.45) is 1.80. The molecule has 4 heteroatoms. The van der Waals surface area contributed by atoms with E-state index >= 15 is 0 Å². The van der Waals surface area contributed by atoms with Gasteiger partial charge in [0.05, 0.1) is 6.42 Å². The molecule has 18 heavy (non-hydrogen) atoms. The minimum atomic E-state index is -0.840. The molecule has 0 saturated carbocycles. The van der Waals surface area contributed by atoms with Crippen molar-refractivity contribution in [1.29, 1.82) is 0 Å². The number of aromatic nitrogens is 1. The molecule has 0 spiro atoms. The van der Waals surface area contributed by atoms with Crippen molar-refractivity contribution in [2.45, 2.75) is 26.8 Å². The molecule has 0 fully saturated rings. The van der Waals surface area contributed by atoms with E-state index in [1.807, 2.05) is 29.7 Å². The first-order valence-corrected chi connectivity index (χ1v) is 5.81. The van der Waals surface area contributed by atoms with Gasteiger partial charge in [-0.25, -0.2) is 0 Å². The van der Waals surface area contributed by atoms with Crippen LogP contribution in [0.1, 0.15) is 29.3 Å². The van der Waals surface area contributed by atoms with Crippen molar-refractivity contribution in [1.82, 2.24) is 4.57 Å². The number of aliphatic carboxylic acids is 1. The van der Waals surface area contributed by atoms with Gasteiger partial charge in [0.25, 0.3) is 0 Å². The second-order valence-corrected chi connectivity index (χ2v) is 4.46. The van der Waals surface area contributed by atoms with Gasteiger partial charge < -0.3 is 9.67 Å². The van der Waals surface area contributed by atoms with E-state index in [9.17, 15) is 9.59 Å². The average molecular weight is 245 g/mol. The van der Waals surface area contributed by atoms with Gasteiger partial charge in [0.15, 0.2) is 5.78 Å². The molecule has 0 amide bonds. The second-order valence-electron chi connectivity index (χ2n) is 4.46. The van der Waals surface area contributed by atoms with Crippen LogP contribution in [0.2, 0.25) is 0 Å². The van der Waals surface area contributed by atoms with E-state index in [1.165, 1.54) is 6.92 Å². The van der Waals surface area contributed by atoms with Crippen molar-refractivity contribution in [3.8, 4) is 0 Å². The number of carboxylic acids is 1. The largest absolute Gasteiger partial charge is 0.481 e. The maximum absolute atomic E-state index is 11.6. The number of carbonyl (C=O) groups is 2. The summed E-state index contributed by atoms with van der Waals surface area (Å²) in [5, 5.41) is 9.62. The number of hydrogen-bond donors (Lipinski definition) is 1. The Bertz CT molecular complexity index is 625. The van der Waals surface area contributed by atoms with Crippen LogP contribution in [0.15, 0.2) is 24.4 Å². The summed E-state index contributed by atoms with van der Waals surface area (Å²) in [6.45, 7) is 3.87. The Morgan fingerprint density at radius 2 is 2.06 bits per heavy atom. The van der Waals surface area contributed by atoms with Gasteiger partial charge >= 0.3 is 5.97 Å². The molecule has 0 atom stereocenters. The molecule has 1 aromatic heterocycles. The standard InChI is InChI=1S/C14H15NO3/c1-9-3-4-13-11(7-9)12(10(2)16)8-15(13)6-5-14(17)18/h3-4,7-8H,5-6H2,1-2H3,(H,17,18). The molecule has 1 aromatic carbocycles. The minimum absolute atomic E-state index is 0.000301. The molecule has 1 heterocycles. The third kappa shape index (κ3) is 2.27. The quantitative estimate of drug-likeness (QED) is 0.842. The van der Waals surface area contributed by atoms with E-state index < -0.39 is 5.97 Å². The first-order chi connectivity index (χ1) is 8.49. The molecule has 94 valence electrons. The van der Waals surface area contributed by atoms with Crippen LogP contribution < -0.4 is 0 Å². The number of hydrogen-bond acceptors (Lipinski definition) is 2. The van der Waals surface area contributed by atoms with E-state index in [0.717, 1.165) is 16.5 Å². The van der Waals surface area contributed by atoms with Crippen molar-refractivity contribution in [3.05, 3.63) is 35.5 Å². The van der Waals surface area contributed by atoms with Gasteiger partial charge in [-0.15, -0.1) is 0 Å². The van der Waals surface area contributed by atoms with Crippen molar-refractivity contribution >= 4 is 22.7 Å². The molecular weight excluding hydrogens is 230 g/mol. The van der Waals surface area contributed by atoms with Crippen LogP contribution in [0.4, 0.5) is 0 Å². The fraction of sp³-hybridized carbons (Fsp3) is 0.286. The third-order valence-electron chi connectivity index (χ3n) is 2.98. The lowest BCUT2D eigenvalue weighted by atomic mass is 10.1. The molecule has 0 aliphatic rings. The van der Waals surface area contributed by atoms with Gasteiger partial charge in [-0.1, -0.05) is 11.6 Å². The summed E-state index contributed by atoms with van der Waals surface area (Å²) in [5.74, 6) is -0.840. The van der Waals surface area contributed by atoms with Gasteiger partial charge in [0, 0.05) is 29.2 Å². The molecule has 1 N–H and O–H groups in total. The van der Waals surface area contributed by atoms with Gasteiger partial charge in [0.2, 0.25) is 0 Å². The first-order valence-electron chi connectivity index (χ1n) is 5.81. The highest BCUT2D eigenvalue weighted by atomic mass is 16.4. The molecule has 4 nitrogen and oxygen atoms in total. The van der Waals surface area contributed by atoms with Crippen LogP contribution in [-0.4, -0.2) is 21.4 Å². The fourth-order valence-electron chi connectivity index (χ4n) is 2.09. The summed E-state index contributed by atoms with van der Waals surface area (Å²) in [4.78, 5) is 22.2. The number of benzene rings is 1. The van der Waals surface area contributed by atoms with Gasteiger partial charge in [0.1, 0.15) is 0 Å². The maximum Gasteiger partial charge on any atom is 0.305 e. The van der Waals surface area contributed by atoms with Crippen LogP contribution >= 0.6 is 0 Å². The van der Waals surface area contributed by atoms with Crippen molar-refractivity contribution in [2.24, 2.45) is 0 Å². The van der Waals surface area contributed by atoms with Crippen molar-refractivity contribution in [3.63, 3.8) is 0 Å². The lowest BCUT2D eigenvalue weighted by molar-refractivity contribution is -0.137. The van der Waals surface area contributed by atoms with Crippen LogP contribution in [0.25, 0.3) is 10.9 Å². The van der Waals surface area contributed by atoms with Crippen LogP contribution in [0, 0.1) is 6.92 Å². The van der Waals surface area contributed by atoms with E-state index in [2.05, 4.69) is 0 Å². The Morgan fingerprint density at radius 3 is 2.67 bits per heavy atom. The predicted molar refractivity (Wildman–Crippen MR) is 68.9 cm³/mol. The minimum Gasteiger partial charge on any atom is -0.481 e. The van der Waals surface area contributed by atoms with E-state index in [4.69, 9.17) is 5.11 Å². The number of carbonyl (C=O) groups excluding carboxylic acids is 1. The monoisotopic (exact) mass is 245 g/mol. The summed E-state index contributed by atoms with van der Waals surface area (Å²) in [6, 6.07) is 5.85. The Labute approximate surface area is 105 Å². The summed E-state index contributed by atoms with van der Waals surface area (Å²) in [5.41, 5.74) is 2.65. The van der Waals surface area contributed by atoms with Crippen molar-refractivity contribution < 1.29 is 14.7 Å². The molecule has 0 radical (unpaired) electrons. The normalized spacial score (nSPS) is 10.8. The maximum atomic E-state index is 11.6. The zero-order chi connectivity index (χ0) is 13.3. The molecule has 0 bridgehead atoms. The Balaban J connectivity index is 2.54. The predicted octanol–water partition coefficient (Wildman–Crippen LogP) is 2.63. The van der Waals surface area contributed by atoms with Crippen LogP contribution in [-0.2, 0) is 11.3 Å². The summed E-state index contributed by atoms with van der Waals surface area (Å²) in [7, 11) is 0.